The van der Waals surface area contributed by atoms with Crippen LogP contribution in [0.1, 0.15) is 12.0 Å². The van der Waals surface area contributed by atoms with Crippen LogP contribution in [0.15, 0.2) is 36.5 Å². The van der Waals surface area contributed by atoms with Crippen molar-refractivity contribution in [3.8, 4) is 0 Å². The third-order valence-corrected chi connectivity index (χ3v) is 6.23. The highest BCUT2D eigenvalue weighted by atomic mass is 16.5. The van der Waals surface area contributed by atoms with Crippen LogP contribution >= 0.6 is 0 Å². The number of likely N-dealkylation sites (N-methyl/N-ethyl adjacent to an activating group) is 1. The minimum absolute atomic E-state index is 0.00430. The summed E-state index contributed by atoms with van der Waals surface area (Å²) in [6, 6.07) is 10.1. The Kier molecular flexibility index (Phi) is 3.95. The highest BCUT2D eigenvalue weighted by molar-refractivity contribution is 5.86. The van der Waals surface area contributed by atoms with Gasteiger partial charge in [0, 0.05) is 27.2 Å². The Balaban J connectivity index is 1.53. The Morgan fingerprint density at radius 2 is 2.00 bits per heavy atom. The monoisotopic (exact) mass is 393 g/mol. The largest absolute Gasteiger partial charge is 0.383 e. The molecule has 0 saturated carbocycles. The van der Waals surface area contributed by atoms with Crippen LogP contribution in [-0.4, -0.2) is 63.4 Å². The maximum Gasteiger partial charge on any atom is 0.249 e. The fourth-order valence-corrected chi connectivity index (χ4v) is 4.58. The molecule has 0 unspecified atom stereocenters. The summed E-state index contributed by atoms with van der Waals surface area (Å²) in [5.41, 5.74) is 7.43. The maximum atomic E-state index is 12.5. The molecule has 2 aromatic heterocycles. The van der Waals surface area contributed by atoms with Gasteiger partial charge in [-0.3, -0.25) is 9.48 Å². The molecular formula is C20H23N7O2. The summed E-state index contributed by atoms with van der Waals surface area (Å²) in [6.07, 6.45) is 2.18. The number of fused-ring (bicyclic) bond motifs is 2. The third kappa shape index (κ3) is 2.57. The second-order valence-corrected chi connectivity index (χ2v) is 7.65. The number of nitrogens with two attached hydrogens (primary N) is 1. The van der Waals surface area contributed by atoms with E-state index in [4.69, 9.17) is 10.5 Å². The van der Waals surface area contributed by atoms with Gasteiger partial charge in [-0.25, -0.2) is 0 Å². The van der Waals surface area contributed by atoms with Gasteiger partial charge in [-0.15, -0.1) is 0 Å². The van der Waals surface area contributed by atoms with Gasteiger partial charge in [-0.05, 0) is 12.0 Å². The maximum absolute atomic E-state index is 12.5. The minimum Gasteiger partial charge on any atom is -0.383 e. The van der Waals surface area contributed by atoms with Crippen LogP contribution in [0.5, 0.6) is 0 Å². The molecule has 2 aliphatic rings. The molecule has 0 aliphatic carbocycles. The molecule has 9 heteroatoms. The summed E-state index contributed by atoms with van der Waals surface area (Å²) in [5.74, 6) is 0.966. The van der Waals surface area contributed by atoms with Crippen LogP contribution in [0.4, 0.5) is 11.8 Å². The molecule has 0 radical (unpaired) electrons. The van der Waals surface area contributed by atoms with Gasteiger partial charge in [-0.2, -0.15) is 15.1 Å². The number of aryl methyl sites for hydroxylation is 1. The first-order valence-corrected chi connectivity index (χ1v) is 9.64. The number of nitrogen functional groups attached to an aromatic ring is 1. The van der Waals surface area contributed by atoms with E-state index in [1.165, 1.54) is 0 Å². The van der Waals surface area contributed by atoms with Crippen molar-refractivity contribution in [1.82, 2.24) is 24.6 Å². The lowest BCUT2D eigenvalue weighted by atomic mass is 9.76. The van der Waals surface area contributed by atoms with Gasteiger partial charge in [0.25, 0.3) is 0 Å². The molecule has 2 fully saturated rings. The molecule has 2 atom stereocenters. The molecule has 150 valence electrons. The molecular weight excluding hydrogens is 370 g/mol. The quantitative estimate of drug-likeness (QED) is 0.690. The lowest BCUT2D eigenvalue weighted by Gasteiger charge is -2.54. The summed E-state index contributed by atoms with van der Waals surface area (Å²) in [4.78, 5) is 25.6. The average Bonchev–Trinajstić information content (AvgIpc) is 3.12. The van der Waals surface area contributed by atoms with E-state index in [0.717, 1.165) is 10.9 Å². The predicted octanol–water partition coefficient (Wildman–Crippen LogP) is 0.908. The topological polar surface area (TPSA) is 102 Å². The van der Waals surface area contributed by atoms with E-state index in [2.05, 4.69) is 32.1 Å². The van der Waals surface area contributed by atoms with Crippen LogP contribution in [-0.2, 0) is 22.1 Å². The number of hydrogen-bond acceptors (Lipinski definition) is 7. The van der Waals surface area contributed by atoms with Crippen molar-refractivity contribution in [3.63, 3.8) is 0 Å². The fourth-order valence-electron chi connectivity index (χ4n) is 4.58. The Labute approximate surface area is 168 Å². The number of aromatic nitrogens is 4. The molecule has 4 heterocycles. The van der Waals surface area contributed by atoms with Gasteiger partial charge >= 0.3 is 0 Å². The number of piperidine rings is 1. The number of carbonyl (C=O) groups excluding carboxylic acids is 1. The molecule has 29 heavy (non-hydrogen) atoms. The molecule has 3 aromatic rings. The van der Waals surface area contributed by atoms with E-state index < -0.39 is 5.54 Å². The summed E-state index contributed by atoms with van der Waals surface area (Å²) in [5, 5.41) is 4.97. The van der Waals surface area contributed by atoms with Crippen molar-refractivity contribution < 1.29 is 9.53 Å². The Morgan fingerprint density at radius 3 is 2.79 bits per heavy atom. The number of morpholine rings is 1. The van der Waals surface area contributed by atoms with E-state index >= 15 is 0 Å². The molecule has 0 bridgehead atoms. The number of benzene rings is 1. The van der Waals surface area contributed by atoms with Crippen LogP contribution in [0.2, 0.25) is 0 Å². The zero-order valence-electron chi connectivity index (χ0n) is 16.4. The van der Waals surface area contributed by atoms with Gasteiger partial charge in [-0.1, -0.05) is 30.3 Å². The minimum atomic E-state index is -0.505. The molecule has 9 nitrogen and oxygen atoms in total. The van der Waals surface area contributed by atoms with E-state index in [1.54, 1.807) is 10.9 Å². The van der Waals surface area contributed by atoms with Gasteiger partial charge in [0.1, 0.15) is 18.5 Å². The van der Waals surface area contributed by atoms with Crippen LogP contribution < -0.4 is 10.6 Å². The third-order valence-electron chi connectivity index (χ3n) is 6.23. The second kappa shape index (κ2) is 6.41. The predicted molar refractivity (Wildman–Crippen MR) is 108 cm³/mol. The van der Waals surface area contributed by atoms with E-state index in [1.807, 2.05) is 37.2 Å². The summed E-state index contributed by atoms with van der Waals surface area (Å²) in [7, 11) is 3.71. The van der Waals surface area contributed by atoms with E-state index in [0.29, 0.717) is 36.9 Å². The van der Waals surface area contributed by atoms with Gasteiger partial charge in [0.15, 0.2) is 5.65 Å². The number of amides is 1. The number of anilines is 2. The summed E-state index contributed by atoms with van der Waals surface area (Å²) < 4.78 is 7.76. The van der Waals surface area contributed by atoms with Crippen LogP contribution in [0.25, 0.3) is 11.0 Å². The molecule has 1 amide bonds. The Bertz CT molecular complexity index is 1080. The first-order chi connectivity index (χ1) is 14.0. The SMILES string of the molecule is CN1C(=O)CO[C@@H]2CN(c3nc(N)c4cnn(C)c4n3)CC[C@]21c1ccccc1. The molecule has 2 aliphatic heterocycles. The van der Waals surface area contributed by atoms with Crippen molar-refractivity contribution in [2.24, 2.45) is 7.05 Å². The summed E-state index contributed by atoms with van der Waals surface area (Å²) >= 11 is 0. The number of hydrogen-bond donors (Lipinski definition) is 1. The smallest absolute Gasteiger partial charge is 0.249 e. The van der Waals surface area contributed by atoms with Crippen molar-refractivity contribution in [2.45, 2.75) is 18.1 Å². The molecule has 0 spiro atoms. The molecule has 1 aromatic carbocycles. The zero-order valence-corrected chi connectivity index (χ0v) is 16.4. The van der Waals surface area contributed by atoms with Gasteiger partial charge in [0.05, 0.1) is 17.1 Å². The van der Waals surface area contributed by atoms with Crippen LogP contribution in [0, 0.1) is 0 Å². The van der Waals surface area contributed by atoms with Gasteiger partial charge in [0.2, 0.25) is 11.9 Å². The normalized spacial score (nSPS) is 24.8. The molecule has 5 rings (SSSR count). The number of carbonyl (C=O) groups is 1. The van der Waals surface area contributed by atoms with E-state index in [9.17, 15) is 4.79 Å². The second-order valence-electron chi connectivity index (χ2n) is 7.65. The van der Waals surface area contributed by atoms with E-state index in [-0.39, 0.29) is 18.6 Å². The number of ether oxygens (including phenoxy) is 1. The fraction of sp³-hybridized carbons (Fsp3) is 0.400. The van der Waals surface area contributed by atoms with Crippen molar-refractivity contribution in [1.29, 1.82) is 0 Å². The Hall–Kier alpha value is -3.20. The highest BCUT2D eigenvalue weighted by Gasteiger charge is 2.53. The Morgan fingerprint density at radius 1 is 1.21 bits per heavy atom. The molecule has 2 N–H and O–H groups in total. The highest BCUT2D eigenvalue weighted by Crippen LogP contribution is 2.42. The van der Waals surface area contributed by atoms with Crippen LogP contribution in [0.3, 0.4) is 0 Å². The zero-order chi connectivity index (χ0) is 20.2. The lowest BCUT2D eigenvalue weighted by molar-refractivity contribution is -0.173. The van der Waals surface area contributed by atoms with Crippen molar-refractivity contribution >= 4 is 28.7 Å². The van der Waals surface area contributed by atoms with Crippen molar-refractivity contribution in [2.75, 3.05) is 37.4 Å². The summed E-state index contributed by atoms with van der Waals surface area (Å²) in [6.45, 7) is 1.32. The standard InChI is InChI=1S/C20H23N7O2/c1-25-16(28)12-29-15-11-27(9-8-20(15,25)13-6-4-3-5-7-13)19-23-17(21)14-10-22-26(2)18(14)24-19/h3-7,10,15H,8-9,11-12H2,1-2H3,(H2,21,23,24)/t15-,20+/m1/s1. The average molecular weight is 393 g/mol. The van der Waals surface area contributed by atoms with Gasteiger partial charge < -0.3 is 20.3 Å². The van der Waals surface area contributed by atoms with Crippen molar-refractivity contribution in [3.05, 3.63) is 42.1 Å². The number of rotatable bonds is 2. The first kappa shape index (κ1) is 17.9. The lowest BCUT2D eigenvalue weighted by Crippen LogP contribution is -2.67. The molecule has 2 saturated heterocycles. The number of nitrogens with zero attached hydrogens (tertiary/aromatic N) is 6. The first-order valence-electron chi connectivity index (χ1n) is 9.64.